The summed E-state index contributed by atoms with van der Waals surface area (Å²) in [6, 6.07) is 6.98. The highest BCUT2D eigenvalue weighted by Crippen LogP contribution is 2.29. The fraction of sp³-hybridized carbons (Fsp3) is 0.667. The first kappa shape index (κ1) is 20.2. The molecule has 2 aromatic rings. The second-order valence-electron chi connectivity index (χ2n) is 8.50. The van der Waals surface area contributed by atoms with Crippen LogP contribution in [0.1, 0.15) is 45.0 Å². The highest BCUT2D eigenvalue weighted by molar-refractivity contribution is 5.46. The van der Waals surface area contributed by atoms with Crippen LogP contribution in [0, 0.1) is 11.7 Å². The van der Waals surface area contributed by atoms with E-state index in [0.717, 1.165) is 70.1 Å². The summed E-state index contributed by atoms with van der Waals surface area (Å²) >= 11 is 0. The number of anilines is 1. The summed E-state index contributed by atoms with van der Waals surface area (Å²) in [5.74, 6) is 1.30. The van der Waals surface area contributed by atoms with Gasteiger partial charge in [-0.2, -0.15) is 0 Å². The van der Waals surface area contributed by atoms with Gasteiger partial charge in [-0.25, -0.2) is 9.07 Å². The Morgan fingerprint density at radius 3 is 2.55 bits per heavy atom. The third kappa shape index (κ3) is 4.93. The van der Waals surface area contributed by atoms with E-state index in [4.69, 9.17) is 4.74 Å². The number of aromatic nitrogens is 4. The Morgan fingerprint density at radius 1 is 1.14 bits per heavy atom. The van der Waals surface area contributed by atoms with Crippen molar-refractivity contribution in [2.45, 2.75) is 51.8 Å². The Kier molecular flexibility index (Phi) is 6.40. The molecular formula is C21H31FN6O. The van der Waals surface area contributed by atoms with Crippen molar-refractivity contribution in [1.82, 2.24) is 25.1 Å². The SMILES string of the molecule is CC(C)CC(c1nnnn1CC1CCCO1)N1CCN(c2ccc(F)cc2)CC1. The monoisotopic (exact) mass is 402 g/mol. The van der Waals surface area contributed by atoms with Crippen LogP contribution in [0.25, 0.3) is 0 Å². The van der Waals surface area contributed by atoms with Crippen LogP contribution in [0.5, 0.6) is 0 Å². The highest BCUT2D eigenvalue weighted by Gasteiger charge is 2.31. The Bertz CT molecular complexity index is 766. The molecule has 1 aromatic heterocycles. The zero-order valence-electron chi connectivity index (χ0n) is 17.4. The van der Waals surface area contributed by atoms with Crippen LogP contribution < -0.4 is 4.90 Å². The van der Waals surface area contributed by atoms with Crippen LogP contribution in [0.2, 0.25) is 0 Å². The number of ether oxygens (including phenoxy) is 1. The number of halogens is 1. The van der Waals surface area contributed by atoms with E-state index in [1.165, 1.54) is 12.1 Å². The minimum Gasteiger partial charge on any atom is -0.376 e. The molecule has 0 bridgehead atoms. The van der Waals surface area contributed by atoms with Gasteiger partial charge in [-0.1, -0.05) is 13.8 Å². The van der Waals surface area contributed by atoms with E-state index in [9.17, 15) is 4.39 Å². The van der Waals surface area contributed by atoms with Crippen molar-refractivity contribution < 1.29 is 9.13 Å². The van der Waals surface area contributed by atoms with Crippen LogP contribution in [0.15, 0.2) is 24.3 Å². The Balaban J connectivity index is 1.45. The number of hydrogen-bond acceptors (Lipinski definition) is 6. The second-order valence-corrected chi connectivity index (χ2v) is 8.50. The van der Waals surface area contributed by atoms with Crippen molar-refractivity contribution in [2.24, 2.45) is 5.92 Å². The molecular weight excluding hydrogens is 371 g/mol. The van der Waals surface area contributed by atoms with E-state index >= 15 is 0 Å². The van der Waals surface area contributed by atoms with Gasteiger partial charge in [-0.15, -0.1) is 5.10 Å². The maximum atomic E-state index is 13.2. The van der Waals surface area contributed by atoms with E-state index in [1.54, 1.807) is 0 Å². The van der Waals surface area contributed by atoms with Crippen LogP contribution in [-0.2, 0) is 11.3 Å². The molecule has 0 aliphatic carbocycles. The topological polar surface area (TPSA) is 59.3 Å². The van der Waals surface area contributed by atoms with E-state index in [1.807, 2.05) is 16.8 Å². The zero-order valence-corrected chi connectivity index (χ0v) is 17.4. The summed E-state index contributed by atoms with van der Waals surface area (Å²) < 4.78 is 21.0. The molecule has 8 heteroatoms. The molecule has 2 fully saturated rings. The lowest BCUT2D eigenvalue weighted by Gasteiger charge is -2.40. The van der Waals surface area contributed by atoms with Crippen LogP contribution >= 0.6 is 0 Å². The molecule has 0 N–H and O–H groups in total. The summed E-state index contributed by atoms with van der Waals surface area (Å²) in [5.41, 5.74) is 1.08. The van der Waals surface area contributed by atoms with E-state index in [-0.39, 0.29) is 18.0 Å². The van der Waals surface area contributed by atoms with Crippen LogP contribution in [-0.4, -0.2) is 64.0 Å². The molecule has 2 atom stereocenters. The Morgan fingerprint density at radius 2 is 1.90 bits per heavy atom. The first-order valence-corrected chi connectivity index (χ1v) is 10.7. The number of hydrogen-bond donors (Lipinski definition) is 0. The van der Waals surface area contributed by atoms with Gasteiger partial charge in [0.25, 0.3) is 0 Å². The predicted molar refractivity (Wildman–Crippen MR) is 109 cm³/mol. The molecule has 29 heavy (non-hydrogen) atoms. The minimum atomic E-state index is -0.192. The summed E-state index contributed by atoms with van der Waals surface area (Å²) in [6.07, 6.45) is 3.42. The van der Waals surface area contributed by atoms with Gasteiger partial charge in [0.2, 0.25) is 0 Å². The summed E-state index contributed by atoms with van der Waals surface area (Å²) in [7, 11) is 0. The number of benzene rings is 1. The molecule has 4 rings (SSSR count). The van der Waals surface area contributed by atoms with Gasteiger partial charge in [-0.3, -0.25) is 4.90 Å². The molecule has 0 saturated carbocycles. The lowest BCUT2D eigenvalue weighted by Crippen LogP contribution is -2.48. The molecule has 0 spiro atoms. The standard InChI is InChI=1S/C21H31FN6O/c1-16(2)14-20(21-23-24-25-28(21)15-19-4-3-13-29-19)27-11-9-26(10-12-27)18-7-5-17(22)6-8-18/h5-8,16,19-20H,3-4,9-15H2,1-2H3. The summed E-state index contributed by atoms with van der Waals surface area (Å²) in [6.45, 7) is 9.74. The van der Waals surface area contributed by atoms with Gasteiger partial charge in [0.05, 0.1) is 18.7 Å². The lowest BCUT2D eigenvalue weighted by atomic mass is 10.0. The number of nitrogens with zero attached hydrogens (tertiary/aromatic N) is 6. The van der Waals surface area contributed by atoms with E-state index < -0.39 is 0 Å². The van der Waals surface area contributed by atoms with Crippen molar-refractivity contribution in [3.63, 3.8) is 0 Å². The van der Waals surface area contributed by atoms with Gasteiger partial charge >= 0.3 is 0 Å². The fourth-order valence-corrected chi connectivity index (χ4v) is 4.37. The van der Waals surface area contributed by atoms with Gasteiger partial charge in [0, 0.05) is 38.5 Å². The molecule has 2 unspecified atom stereocenters. The number of piperazine rings is 1. The van der Waals surface area contributed by atoms with Crippen molar-refractivity contribution >= 4 is 5.69 Å². The highest BCUT2D eigenvalue weighted by atomic mass is 19.1. The van der Waals surface area contributed by atoms with Gasteiger partial charge in [0.1, 0.15) is 5.82 Å². The van der Waals surface area contributed by atoms with E-state index in [2.05, 4.69) is 39.2 Å². The van der Waals surface area contributed by atoms with Crippen molar-refractivity contribution in [1.29, 1.82) is 0 Å². The molecule has 3 heterocycles. The van der Waals surface area contributed by atoms with Gasteiger partial charge < -0.3 is 9.64 Å². The third-order valence-electron chi connectivity index (χ3n) is 5.90. The molecule has 158 valence electrons. The maximum absolute atomic E-state index is 13.2. The largest absolute Gasteiger partial charge is 0.376 e. The third-order valence-corrected chi connectivity index (χ3v) is 5.90. The lowest BCUT2D eigenvalue weighted by molar-refractivity contribution is 0.0885. The first-order chi connectivity index (χ1) is 14.1. The predicted octanol–water partition coefficient (Wildman–Crippen LogP) is 2.90. The fourth-order valence-electron chi connectivity index (χ4n) is 4.37. The molecule has 7 nitrogen and oxygen atoms in total. The summed E-state index contributed by atoms with van der Waals surface area (Å²) in [5, 5.41) is 12.7. The molecule has 2 aliphatic heterocycles. The zero-order chi connectivity index (χ0) is 20.2. The average Bonchev–Trinajstić information content (AvgIpc) is 3.39. The number of tetrazole rings is 1. The normalized spacial score (nSPS) is 21.8. The van der Waals surface area contributed by atoms with E-state index in [0.29, 0.717) is 5.92 Å². The second kappa shape index (κ2) is 9.17. The van der Waals surface area contributed by atoms with Gasteiger partial charge in [-0.05, 0) is 59.9 Å². The van der Waals surface area contributed by atoms with Crippen LogP contribution in [0.4, 0.5) is 10.1 Å². The van der Waals surface area contributed by atoms with Crippen molar-refractivity contribution in [2.75, 3.05) is 37.7 Å². The first-order valence-electron chi connectivity index (χ1n) is 10.7. The van der Waals surface area contributed by atoms with Crippen molar-refractivity contribution in [3.05, 3.63) is 35.9 Å². The number of rotatable bonds is 7. The smallest absolute Gasteiger partial charge is 0.168 e. The minimum absolute atomic E-state index is 0.192. The maximum Gasteiger partial charge on any atom is 0.168 e. The van der Waals surface area contributed by atoms with Gasteiger partial charge in [0.15, 0.2) is 5.82 Å². The molecule has 0 amide bonds. The quantitative estimate of drug-likeness (QED) is 0.710. The van der Waals surface area contributed by atoms with Crippen LogP contribution in [0.3, 0.4) is 0 Å². The molecule has 2 aliphatic rings. The molecule has 2 saturated heterocycles. The Hall–Kier alpha value is -2.06. The summed E-state index contributed by atoms with van der Waals surface area (Å²) in [4.78, 5) is 4.81. The Labute approximate surface area is 171 Å². The van der Waals surface area contributed by atoms with Crippen molar-refractivity contribution in [3.8, 4) is 0 Å². The molecule has 0 radical (unpaired) electrons. The average molecular weight is 403 g/mol. The molecule has 1 aromatic carbocycles.